The Morgan fingerprint density at radius 1 is 1.13 bits per heavy atom. The van der Waals surface area contributed by atoms with Crippen LogP contribution in [-0.2, 0) is 13.6 Å². The minimum absolute atomic E-state index is 0.000411. The first-order chi connectivity index (χ1) is 18.0. The van der Waals surface area contributed by atoms with Crippen molar-refractivity contribution in [3.8, 4) is 17.4 Å². The van der Waals surface area contributed by atoms with Gasteiger partial charge >= 0.3 is 0 Å². The second-order valence-corrected chi connectivity index (χ2v) is 12.3. The van der Waals surface area contributed by atoms with Crippen LogP contribution in [0.3, 0.4) is 0 Å². The third-order valence-corrected chi connectivity index (χ3v) is 8.08. The van der Waals surface area contributed by atoms with Crippen LogP contribution in [0, 0.1) is 11.8 Å². The number of pyridine rings is 1. The second kappa shape index (κ2) is 8.94. The van der Waals surface area contributed by atoms with Crippen molar-refractivity contribution >= 4 is 51.5 Å². The van der Waals surface area contributed by atoms with Gasteiger partial charge in [-0.15, -0.1) is 0 Å². The van der Waals surface area contributed by atoms with Crippen LogP contribution >= 0.6 is 0 Å². The third-order valence-electron chi connectivity index (χ3n) is 8.08. The fourth-order valence-corrected chi connectivity index (χ4v) is 5.69. The van der Waals surface area contributed by atoms with Gasteiger partial charge in [0.15, 0.2) is 5.82 Å². The van der Waals surface area contributed by atoms with Gasteiger partial charge in [-0.3, -0.25) is 4.79 Å². The molecule has 38 heavy (non-hydrogen) atoms. The van der Waals surface area contributed by atoms with Crippen molar-refractivity contribution in [1.29, 1.82) is 0 Å². The Morgan fingerprint density at radius 3 is 2.55 bits per heavy atom. The number of carbonyl (C=O) groups is 1. The summed E-state index contributed by atoms with van der Waals surface area (Å²) in [6.07, 6.45) is 2.48. The summed E-state index contributed by atoms with van der Waals surface area (Å²) in [6.45, 7) is 5.73. The lowest BCUT2D eigenvalue weighted by Gasteiger charge is -2.23. The number of rotatable bonds is 6. The van der Waals surface area contributed by atoms with Crippen LogP contribution < -0.4 is 10.5 Å². The lowest BCUT2D eigenvalue weighted by atomic mass is 9.52. The summed E-state index contributed by atoms with van der Waals surface area (Å²) in [7, 11) is 8.14. The topological polar surface area (TPSA) is 91.2 Å². The second-order valence-electron chi connectivity index (χ2n) is 12.3. The molecule has 8 nitrogen and oxygen atoms in total. The Bertz CT molecular complexity index is 1550. The largest absolute Gasteiger partial charge is 0.499 e. The van der Waals surface area contributed by atoms with E-state index in [0.717, 1.165) is 40.1 Å². The molecule has 3 atom stereocenters. The number of hydrogen-bond donors (Lipinski definition) is 1. The SMILES string of the molecule is BC(B)(B)Oc1ccc2cc(-c3nc4cc(C(=O)N5C[C@@H](C)[C@@H](N)[C@H]5C)ccc4n3C)n(CC3CC3)c2n1. The molecule has 4 heterocycles. The molecule has 11 heteroatoms. The summed E-state index contributed by atoms with van der Waals surface area (Å²) in [6, 6.07) is 12.1. The average Bonchev–Trinajstić information content (AvgIpc) is 3.47. The Hall–Kier alpha value is -3.20. The van der Waals surface area contributed by atoms with Crippen molar-refractivity contribution in [2.45, 2.75) is 50.6 Å². The molecule has 1 saturated carbocycles. The van der Waals surface area contributed by atoms with E-state index in [0.29, 0.717) is 23.9 Å². The Morgan fingerprint density at radius 2 is 1.89 bits per heavy atom. The number of amides is 1. The van der Waals surface area contributed by atoms with Crippen molar-refractivity contribution in [3.63, 3.8) is 0 Å². The summed E-state index contributed by atoms with van der Waals surface area (Å²) >= 11 is 0. The average molecular weight is 508 g/mol. The number of fused-ring (bicyclic) bond motifs is 2. The van der Waals surface area contributed by atoms with Gasteiger partial charge < -0.3 is 24.5 Å². The molecule has 1 saturated heterocycles. The fraction of sp³-hybridized carbons (Fsp3) is 0.444. The number of nitrogens with zero attached hydrogens (tertiary/aromatic N) is 5. The maximum Gasteiger partial charge on any atom is 0.254 e. The molecule has 1 aliphatic carbocycles. The van der Waals surface area contributed by atoms with Crippen LogP contribution in [0.5, 0.6) is 5.88 Å². The van der Waals surface area contributed by atoms with E-state index >= 15 is 0 Å². The molecule has 0 spiro atoms. The number of imidazole rings is 1. The zero-order chi connectivity index (χ0) is 26.9. The molecule has 2 fully saturated rings. The number of benzene rings is 1. The molecule has 0 radical (unpaired) electrons. The van der Waals surface area contributed by atoms with Gasteiger partial charge in [0.05, 0.1) is 16.7 Å². The molecule has 1 amide bonds. The zero-order valence-corrected chi connectivity index (χ0v) is 23.2. The lowest BCUT2D eigenvalue weighted by molar-refractivity contribution is 0.0740. The van der Waals surface area contributed by atoms with E-state index in [9.17, 15) is 4.79 Å². The highest BCUT2D eigenvalue weighted by molar-refractivity contribution is 6.58. The lowest BCUT2D eigenvalue weighted by Crippen LogP contribution is -2.40. The van der Waals surface area contributed by atoms with Crippen molar-refractivity contribution in [2.75, 3.05) is 6.54 Å². The maximum absolute atomic E-state index is 13.4. The third kappa shape index (κ3) is 4.40. The van der Waals surface area contributed by atoms with E-state index in [1.165, 1.54) is 12.8 Å². The van der Waals surface area contributed by atoms with E-state index in [-0.39, 0.29) is 29.2 Å². The van der Waals surface area contributed by atoms with Gasteiger partial charge in [0.25, 0.3) is 5.91 Å². The highest BCUT2D eigenvalue weighted by Crippen LogP contribution is 2.36. The first-order valence-corrected chi connectivity index (χ1v) is 13.7. The zero-order valence-electron chi connectivity index (χ0n) is 23.2. The van der Waals surface area contributed by atoms with Crippen LogP contribution in [0.4, 0.5) is 0 Å². The number of aryl methyl sites for hydroxylation is 1. The molecular formula is C27H35B3N6O2. The van der Waals surface area contributed by atoms with Gasteiger partial charge in [-0.1, -0.05) is 6.92 Å². The van der Waals surface area contributed by atoms with Gasteiger partial charge in [0, 0.05) is 54.5 Å². The monoisotopic (exact) mass is 508 g/mol. The molecular weight excluding hydrogens is 473 g/mol. The van der Waals surface area contributed by atoms with Crippen molar-refractivity contribution in [2.24, 2.45) is 24.6 Å². The van der Waals surface area contributed by atoms with Crippen LogP contribution in [0.1, 0.15) is 37.0 Å². The summed E-state index contributed by atoms with van der Waals surface area (Å²) in [5.74, 6) is 2.46. The summed E-state index contributed by atoms with van der Waals surface area (Å²) in [5.41, 5.74) is 10.7. The predicted octanol–water partition coefficient (Wildman–Crippen LogP) is 0.697. The molecule has 0 unspecified atom stereocenters. The first kappa shape index (κ1) is 25.1. The Kier molecular flexibility index (Phi) is 5.90. The molecule has 3 aromatic heterocycles. The van der Waals surface area contributed by atoms with Gasteiger partial charge in [-0.25, -0.2) is 4.98 Å². The van der Waals surface area contributed by atoms with Crippen LogP contribution in [0.25, 0.3) is 33.6 Å². The van der Waals surface area contributed by atoms with Gasteiger partial charge in [0.1, 0.15) is 29.2 Å². The number of aromatic nitrogens is 4. The van der Waals surface area contributed by atoms with Crippen molar-refractivity contribution in [3.05, 3.63) is 42.0 Å². The Labute approximate surface area is 226 Å². The fourth-order valence-electron chi connectivity index (χ4n) is 5.69. The summed E-state index contributed by atoms with van der Waals surface area (Å²) in [5, 5.41) is 0.748. The van der Waals surface area contributed by atoms with Crippen molar-refractivity contribution < 1.29 is 9.53 Å². The minimum atomic E-state index is -0.320. The van der Waals surface area contributed by atoms with Gasteiger partial charge in [-0.05, 0) is 61.9 Å². The molecule has 1 aromatic carbocycles. The summed E-state index contributed by atoms with van der Waals surface area (Å²) in [4.78, 5) is 25.3. The molecule has 194 valence electrons. The van der Waals surface area contributed by atoms with Crippen LogP contribution in [0.2, 0.25) is 0 Å². The van der Waals surface area contributed by atoms with E-state index in [1.54, 1.807) is 0 Å². The molecule has 6 rings (SSSR count). The Balaban J connectivity index is 1.41. The number of nitrogens with two attached hydrogens (primary N) is 1. The molecule has 2 N–H and O–H groups in total. The molecule has 2 aliphatic rings. The van der Waals surface area contributed by atoms with Crippen LogP contribution in [0.15, 0.2) is 36.4 Å². The highest BCUT2D eigenvalue weighted by atomic mass is 16.5. The van der Waals surface area contributed by atoms with E-state index < -0.39 is 0 Å². The minimum Gasteiger partial charge on any atom is -0.499 e. The van der Waals surface area contributed by atoms with Gasteiger partial charge in [0.2, 0.25) is 5.88 Å². The maximum atomic E-state index is 13.4. The van der Waals surface area contributed by atoms with Crippen molar-refractivity contribution in [1.82, 2.24) is 24.0 Å². The molecule has 1 aliphatic heterocycles. The molecule has 4 aromatic rings. The number of hydrogen-bond acceptors (Lipinski definition) is 5. The summed E-state index contributed by atoms with van der Waals surface area (Å²) < 4.78 is 10.5. The highest BCUT2D eigenvalue weighted by Gasteiger charge is 2.37. The van der Waals surface area contributed by atoms with E-state index in [1.807, 2.05) is 66.7 Å². The number of likely N-dealkylation sites (tertiary alicyclic amines) is 1. The van der Waals surface area contributed by atoms with Gasteiger partial charge in [-0.2, -0.15) is 4.98 Å². The normalized spacial score (nSPS) is 22.0. The van der Waals surface area contributed by atoms with E-state index in [4.69, 9.17) is 20.4 Å². The first-order valence-electron chi connectivity index (χ1n) is 13.7. The van der Waals surface area contributed by atoms with E-state index in [2.05, 4.69) is 28.2 Å². The quantitative estimate of drug-likeness (QED) is 0.388. The standard InChI is InChI=1S/C27H35B3N6O2/c1-14-12-35(15(2)23(14)31)26(37)18-6-8-20-19(10-18)32-25(34(20)3)21-11-17-7-9-22(38-27(28,29)30)33-24(17)36(21)13-16-4-5-16/h6-11,14-16,23H,4-5,12-13,28-31H2,1-3H3/t14-,15-,23-/m1/s1. The number of ether oxygens (including phenoxy) is 1. The smallest absolute Gasteiger partial charge is 0.254 e. The van der Waals surface area contributed by atoms with Crippen LogP contribution in [-0.4, -0.2) is 77.4 Å². The molecule has 0 bridgehead atoms. The predicted molar refractivity (Wildman–Crippen MR) is 159 cm³/mol. The number of carbonyl (C=O) groups excluding carboxylic acids is 1.